The number of halogens is 1. The van der Waals surface area contributed by atoms with Crippen LogP contribution in [0.5, 0.6) is 5.75 Å². The van der Waals surface area contributed by atoms with Crippen LogP contribution >= 0.6 is 23.8 Å². The highest BCUT2D eigenvalue weighted by Gasteiger charge is 2.08. The van der Waals surface area contributed by atoms with Crippen LogP contribution in [0.15, 0.2) is 24.3 Å². The van der Waals surface area contributed by atoms with Gasteiger partial charge in [-0.25, -0.2) is 4.98 Å². The molecule has 1 N–H and O–H groups in total. The van der Waals surface area contributed by atoms with Gasteiger partial charge in [0.05, 0.1) is 12.7 Å². The highest BCUT2D eigenvalue weighted by atomic mass is 35.5. The molecular weight excluding hydrogens is 256 g/mol. The lowest BCUT2D eigenvalue weighted by Gasteiger charge is -2.08. The third kappa shape index (κ3) is 2.65. The maximum absolute atomic E-state index is 5.91. The molecule has 0 aliphatic rings. The molecule has 1 aromatic carbocycles. The van der Waals surface area contributed by atoms with Crippen molar-refractivity contribution in [2.24, 2.45) is 0 Å². The molecule has 2 aromatic rings. The predicted octanol–water partition coefficient (Wildman–Crippen LogP) is 3.78. The molecular formula is C12H11ClN2OS. The molecule has 1 aromatic heterocycles. The van der Waals surface area contributed by atoms with Crippen molar-refractivity contribution in [1.29, 1.82) is 0 Å². The summed E-state index contributed by atoms with van der Waals surface area (Å²) in [4.78, 5) is 7.44. The highest BCUT2D eigenvalue weighted by molar-refractivity contribution is 7.71. The normalized spacial score (nSPS) is 10.3. The molecule has 0 spiro atoms. The van der Waals surface area contributed by atoms with Gasteiger partial charge in [0.2, 0.25) is 0 Å². The molecule has 17 heavy (non-hydrogen) atoms. The third-order valence-corrected chi connectivity index (χ3v) is 2.74. The van der Waals surface area contributed by atoms with E-state index in [1.165, 1.54) is 0 Å². The minimum atomic E-state index is 0.549. The summed E-state index contributed by atoms with van der Waals surface area (Å²) in [6.45, 7) is 1.93. The predicted molar refractivity (Wildman–Crippen MR) is 71.2 cm³/mol. The summed E-state index contributed by atoms with van der Waals surface area (Å²) in [5, 5.41) is 0.622. The minimum absolute atomic E-state index is 0.549. The van der Waals surface area contributed by atoms with Gasteiger partial charge in [-0.1, -0.05) is 23.8 Å². The van der Waals surface area contributed by atoms with Crippen molar-refractivity contribution in [3.8, 4) is 17.1 Å². The first-order valence-corrected chi connectivity index (χ1v) is 5.80. The minimum Gasteiger partial charge on any atom is -0.496 e. The fourth-order valence-electron chi connectivity index (χ4n) is 1.57. The molecule has 0 bridgehead atoms. The van der Waals surface area contributed by atoms with Gasteiger partial charge in [0, 0.05) is 10.7 Å². The second-order valence-corrected chi connectivity index (χ2v) is 4.45. The first kappa shape index (κ1) is 12.1. The summed E-state index contributed by atoms with van der Waals surface area (Å²) >= 11 is 11.0. The fourth-order valence-corrected chi connectivity index (χ4v) is 2.00. The van der Waals surface area contributed by atoms with Crippen molar-refractivity contribution in [3.05, 3.63) is 39.6 Å². The Bertz CT molecular complexity index is 610. The number of ether oxygens (including phenoxy) is 1. The van der Waals surface area contributed by atoms with E-state index in [-0.39, 0.29) is 0 Å². The molecule has 0 amide bonds. The maximum Gasteiger partial charge on any atom is 0.142 e. The first-order chi connectivity index (χ1) is 8.10. The van der Waals surface area contributed by atoms with Crippen molar-refractivity contribution in [2.45, 2.75) is 6.92 Å². The van der Waals surface area contributed by atoms with E-state index in [0.717, 1.165) is 11.3 Å². The van der Waals surface area contributed by atoms with Crippen LogP contribution in [-0.2, 0) is 0 Å². The zero-order chi connectivity index (χ0) is 12.4. The molecule has 0 atom stereocenters. The van der Waals surface area contributed by atoms with E-state index in [1.807, 2.05) is 13.0 Å². The van der Waals surface area contributed by atoms with E-state index in [2.05, 4.69) is 9.97 Å². The number of aromatic amines is 1. The topological polar surface area (TPSA) is 37.9 Å². The van der Waals surface area contributed by atoms with Gasteiger partial charge in [0.25, 0.3) is 0 Å². The van der Waals surface area contributed by atoms with E-state index < -0.39 is 0 Å². The van der Waals surface area contributed by atoms with Crippen molar-refractivity contribution in [1.82, 2.24) is 9.97 Å². The quantitative estimate of drug-likeness (QED) is 0.841. The SMILES string of the molecule is COc1cc(Cl)ccc1-c1nc(=S)cc(C)[nH]1. The summed E-state index contributed by atoms with van der Waals surface area (Å²) in [6.07, 6.45) is 0. The van der Waals surface area contributed by atoms with Crippen LogP contribution in [0.3, 0.4) is 0 Å². The van der Waals surface area contributed by atoms with E-state index in [9.17, 15) is 0 Å². The van der Waals surface area contributed by atoms with Gasteiger partial charge in [0.15, 0.2) is 0 Å². The molecule has 0 unspecified atom stereocenters. The summed E-state index contributed by atoms with van der Waals surface area (Å²) in [7, 11) is 1.60. The van der Waals surface area contributed by atoms with Crippen LogP contribution in [0.2, 0.25) is 5.02 Å². The van der Waals surface area contributed by atoms with Crippen LogP contribution in [0.1, 0.15) is 5.69 Å². The average Bonchev–Trinajstić information content (AvgIpc) is 2.27. The molecule has 1 heterocycles. The molecule has 2 rings (SSSR count). The second-order valence-electron chi connectivity index (χ2n) is 3.60. The smallest absolute Gasteiger partial charge is 0.142 e. The summed E-state index contributed by atoms with van der Waals surface area (Å²) in [6, 6.07) is 7.20. The van der Waals surface area contributed by atoms with E-state index in [0.29, 0.717) is 21.2 Å². The van der Waals surface area contributed by atoms with Crippen LogP contribution in [0, 0.1) is 11.6 Å². The lowest BCUT2D eigenvalue weighted by atomic mass is 10.2. The Labute approximate surface area is 109 Å². The molecule has 0 saturated heterocycles. The Hall–Kier alpha value is -1.39. The van der Waals surface area contributed by atoms with Gasteiger partial charge in [-0.05, 0) is 31.2 Å². The molecule has 0 fully saturated rings. The van der Waals surface area contributed by atoms with Crippen LogP contribution in [0.25, 0.3) is 11.4 Å². The lowest BCUT2D eigenvalue weighted by molar-refractivity contribution is 0.416. The third-order valence-electron chi connectivity index (χ3n) is 2.30. The Morgan fingerprint density at radius 2 is 2.12 bits per heavy atom. The Morgan fingerprint density at radius 3 is 2.76 bits per heavy atom. The fraction of sp³-hybridized carbons (Fsp3) is 0.167. The molecule has 0 saturated carbocycles. The van der Waals surface area contributed by atoms with Gasteiger partial charge >= 0.3 is 0 Å². The molecule has 88 valence electrons. The van der Waals surface area contributed by atoms with Gasteiger partial charge in [0.1, 0.15) is 16.2 Å². The molecule has 5 heteroatoms. The number of rotatable bonds is 2. The van der Waals surface area contributed by atoms with Gasteiger partial charge in [-0.2, -0.15) is 0 Å². The zero-order valence-electron chi connectivity index (χ0n) is 9.45. The number of nitrogens with zero attached hydrogens (tertiary/aromatic N) is 1. The van der Waals surface area contributed by atoms with Crippen LogP contribution < -0.4 is 4.74 Å². The zero-order valence-corrected chi connectivity index (χ0v) is 11.0. The number of H-pyrrole nitrogens is 1. The number of benzene rings is 1. The summed E-state index contributed by atoms with van der Waals surface area (Å²) < 4.78 is 5.83. The highest BCUT2D eigenvalue weighted by Crippen LogP contribution is 2.30. The monoisotopic (exact) mass is 266 g/mol. The summed E-state index contributed by atoms with van der Waals surface area (Å²) in [5.41, 5.74) is 1.80. The molecule has 0 radical (unpaired) electrons. The van der Waals surface area contributed by atoms with Crippen molar-refractivity contribution >= 4 is 23.8 Å². The molecule has 3 nitrogen and oxygen atoms in total. The number of hydrogen-bond donors (Lipinski definition) is 1. The number of nitrogens with one attached hydrogen (secondary N) is 1. The Morgan fingerprint density at radius 1 is 1.35 bits per heavy atom. The first-order valence-electron chi connectivity index (χ1n) is 5.02. The van der Waals surface area contributed by atoms with Crippen molar-refractivity contribution < 1.29 is 4.74 Å². The van der Waals surface area contributed by atoms with Crippen LogP contribution in [0.4, 0.5) is 0 Å². The number of aryl methyl sites for hydroxylation is 1. The second kappa shape index (κ2) is 4.85. The largest absolute Gasteiger partial charge is 0.496 e. The lowest BCUT2D eigenvalue weighted by Crippen LogP contribution is -1.95. The average molecular weight is 267 g/mol. The van der Waals surface area contributed by atoms with Crippen molar-refractivity contribution in [2.75, 3.05) is 7.11 Å². The van der Waals surface area contributed by atoms with Gasteiger partial charge < -0.3 is 9.72 Å². The van der Waals surface area contributed by atoms with Crippen molar-refractivity contribution in [3.63, 3.8) is 0 Å². The van der Waals surface area contributed by atoms with Gasteiger partial charge in [-0.3, -0.25) is 0 Å². The van der Waals surface area contributed by atoms with E-state index in [4.69, 9.17) is 28.6 Å². The van der Waals surface area contributed by atoms with Gasteiger partial charge in [-0.15, -0.1) is 0 Å². The van der Waals surface area contributed by atoms with E-state index in [1.54, 1.807) is 25.3 Å². The Balaban J connectivity index is 2.63. The summed E-state index contributed by atoms with van der Waals surface area (Å²) in [5.74, 6) is 1.35. The Kier molecular flexibility index (Phi) is 3.45. The molecule has 0 aliphatic carbocycles. The maximum atomic E-state index is 5.91. The standard InChI is InChI=1S/C12H11ClN2OS/c1-7-5-11(17)15-12(14-7)9-4-3-8(13)6-10(9)16-2/h3-6H,1-2H3,(H,14,15,17). The van der Waals surface area contributed by atoms with Crippen LogP contribution in [-0.4, -0.2) is 17.1 Å². The number of aromatic nitrogens is 2. The number of methoxy groups -OCH3 is 1. The van der Waals surface area contributed by atoms with E-state index >= 15 is 0 Å². The molecule has 0 aliphatic heterocycles. The number of hydrogen-bond acceptors (Lipinski definition) is 3.